The summed E-state index contributed by atoms with van der Waals surface area (Å²) in [5.41, 5.74) is 10.4. The molecule has 0 aliphatic carbocycles. The first-order chi connectivity index (χ1) is 12.1. The maximum absolute atomic E-state index is 12.0. The van der Waals surface area contributed by atoms with Crippen molar-refractivity contribution in [2.45, 2.75) is 6.92 Å². The number of ether oxygens (including phenoxy) is 1. The number of rotatable bonds is 3. The number of fused-ring (bicyclic) bond motifs is 3. The number of nitrogens with zero attached hydrogens (tertiary/aromatic N) is 2. The molecule has 0 saturated heterocycles. The normalized spacial score (nSPS) is 11.1. The Morgan fingerprint density at radius 3 is 2.56 bits per heavy atom. The zero-order valence-corrected chi connectivity index (χ0v) is 13.8. The Morgan fingerprint density at radius 1 is 1.12 bits per heavy atom. The van der Waals surface area contributed by atoms with Crippen molar-refractivity contribution < 1.29 is 9.53 Å². The van der Waals surface area contributed by atoms with E-state index in [0.717, 1.165) is 22.4 Å². The van der Waals surface area contributed by atoms with E-state index in [4.69, 9.17) is 15.5 Å². The van der Waals surface area contributed by atoms with E-state index in [2.05, 4.69) is 9.97 Å². The molecule has 4 aromatic rings. The molecule has 0 aliphatic heterocycles. The van der Waals surface area contributed by atoms with Gasteiger partial charge in [-0.3, -0.25) is 4.79 Å². The SMILES string of the molecule is COc1ccc(-c2cc(C(N)=O)c3[nH]c4nc(C)ccc4c3n2)cc1. The second kappa shape index (κ2) is 5.59. The van der Waals surface area contributed by atoms with Crippen LogP contribution in [-0.2, 0) is 0 Å². The number of H-pyrrole nitrogens is 1. The highest BCUT2D eigenvalue weighted by atomic mass is 16.5. The number of nitrogens with two attached hydrogens (primary N) is 1. The van der Waals surface area contributed by atoms with E-state index in [9.17, 15) is 4.79 Å². The Balaban J connectivity index is 2.02. The first kappa shape index (κ1) is 15.1. The fraction of sp³-hybridized carbons (Fsp3) is 0.105. The molecule has 1 amide bonds. The number of aryl methyl sites for hydroxylation is 1. The Kier molecular flexibility index (Phi) is 3.39. The van der Waals surface area contributed by atoms with Crippen molar-refractivity contribution in [1.29, 1.82) is 0 Å². The van der Waals surface area contributed by atoms with Crippen molar-refractivity contribution in [2.24, 2.45) is 5.73 Å². The average molecular weight is 332 g/mol. The van der Waals surface area contributed by atoms with E-state index in [1.165, 1.54) is 0 Å². The number of nitrogens with one attached hydrogen (secondary N) is 1. The minimum Gasteiger partial charge on any atom is -0.497 e. The molecule has 124 valence electrons. The van der Waals surface area contributed by atoms with Crippen LogP contribution in [-0.4, -0.2) is 28.0 Å². The van der Waals surface area contributed by atoms with Crippen LogP contribution < -0.4 is 10.5 Å². The molecule has 4 rings (SSSR count). The van der Waals surface area contributed by atoms with E-state index >= 15 is 0 Å². The maximum Gasteiger partial charge on any atom is 0.250 e. The molecule has 0 saturated carbocycles. The van der Waals surface area contributed by atoms with Crippen LogP contribution in [0.5, 0.6) is 5.75 Å². The van der Waals surface area contributed by atoms with E-state index in [1.807, 2.05) is 43.3 Å². The van der Waals surface area contributed by atoms with Gasteiger partial charge in [0.1, 0.15) is 11.4 Å². The lowest BCUT2D eigenvalue weighted by atomic mass is 10.1. The molecular weight excluding hydrogens is 316 g/mol. The molecule has 6 nitrogen and oxygen atoms in total. The van der Waals surface area contributed by atoms with Gasteiger partial charge in [0.2, 0.25) is 0 Å². The fourth-order valence-corrected chi connectivity index (χ4v) is 2.93. The van der Waals surface area contributed by atoms with E-state index in [1.54, 1.807) is 13.2 Å². The number of benzene rings is 1. The molecule has 3 N–H and O–H groups in total. The molecule has 0 aliphatic rings. The predicted octanol–water partition coefficient (Wildman–Crippen LogP) is 3.19. The molecule has 25 heavy (non-hydrogen) atoms. The fourth-order valence-electron chi connectivity index (χ4n) is 2.93. The number of carbonyl (C=O) groups is 1. The monoisotopic (exact) mass is 332 g/mol. The summed E-state index contributed by atoms with van der Waals surface area (Å²) in [7, 11) is 1.62. The highest BCUT2D eigenvalue weighted by Crippen LogP contribution is 2.30. The van der Waals surface area contributed by atoms with E-state index < -0.39 is 5.91 Å². The van der Waals surface area contributed by atoms with Gasteiger partial charge in [-0.2, -0.15) is 0 Å². The van der Waals surface area contributed by atoms with Gasteiger partial charge in [0, 0.05) is 16.6 Å². The highest BCUT2D eigenvalue weighted by Gasteiger charge is 2.16. The van der Waals surface area contributed by atoms with Crippen molar-refractivity contribution in [3.63, 3.8) is 0 Å². The topological polar surface area (TPSA) is 93.9 Å². The molecule has 0 fully saturated rings. The van der Waals surface area contributed by atoms with Crippen LogP contribution in [0.1, 0.15) is 16.1 Å². The molecule has 0 atom stereocenters. The lowest BCUT2D eigenvalue weighted by molar-refractivity contribution is 0.100. The summed E-state index contributed by atoms with van der Waals surface area (Å²) in [6, 6.07) is 13.1. The van der Waals surface area contributed by atoms with Gasteiger partial charge in [-0.05, 0) is 49.4 Å². The third-order valence-corrected chi connectivity index (χ3v) is 4.20. The number of carbonyl (C=O) groups excluding carboxylic acids is 1. The number of primary amides is 1. The molecule has 0 unspecified atom stereocenters. The van der Waals surface area contributed by atoms with Crippen molar-refractivity contribution in [3.8, 4) is 17.0 Å². The van der Waals surface area contributed by atoms with Gasteiger partial charge in [0.15, 0.2) is 0 Å². The van der Waals surface area contributed by atoms with Crippen LogP contribution >= 0.6 is 0 Å². The largest absolute Gasteiger partial charge is 0.497 e. The predicted molar refractivity (Wildman–Crippen MR) is 96.6 cm³/mol. The van der Waals surface area contributed by atoms with Crippen molar-refractivity contribution >= 4 is 28.0 Å². The summed E-state index contributed by atoms with van der Waals surface area (Å²) in [6.07, 6.45) is 0. The summed E-state index contributed by atoms with van der Waals surface area (Å²) in [4.78, 5) is 24.4. The number of amides is 1. The van der Waals surface area contributed by atoms with Crippen LogP contribution in [0.3, 0.4) is 0 Å². The second-order valence-corrected chi connectivity index (χ2v) is 5.85. The van der Waals surface area contributed by atoms with Crippen LogP contribution in [0.2, 0.25) is 0 Å². The van der Waals surface area contributed by atoms with Crippen molar-refractivity contribution in [1.82, 2.24) is 15.0 Å². The van der Waals surface area contributed by atoms with Crippen LogP contribution in [0.4, 0.5) is 0 Å². The number of aromatic nitrogens is 3. The Bertz CT molecular complexity index is 1110. The molecule has 3 heterocycles. The number of methoxy groups -OCH3 is 1. The Morgan fingerprint density at radius 2 is 1.88 bits per heavy atom. The standard InChI is InChI=1S/C19H16N4O2/c1-10-3-8-13-16-17(23-19(13)21-10)14(18(20)24)9-15(22-16)11-4-6-12(25-2)7-5-11/h3-9H,1-2H3,(H2,20,24)(H,21,23). The zero-order chi connectivity index (χ0) is 17.6. The smallest absolute Gasteiger partial charge is 0.250 e. The minimum atomic E-state index is -0.509. The molecule has 3 aromatic heterocycles. The molecule has 0 bridgehead atoms. The summed E-state index contributed by atoms with van der Waals surface area (Å²) in [5.74, 6) is 0.247. The van der Waals surface area contributed by atoms with Gasteiger partial charge < -0.3 is 15.5 Å². The quantitative estimate of drug-likeness (QED) is 0.602. The Hall–Kier alpha value is -3.41. The van der Waals surface area contributed by atoms with Crippen LogP contribution in [0.25, 0.3) is 33.3 Å². The lowest BCUT2D eigenvalue weighted by Gasteiger charge is -2.06. The third-order valence-electron chi connectivity index (χ3n) is 4.20. The van der Waals surface area contributed by atoms with Gasteiger partial charge >= 0.3 is 0 Å². The number of aromatic amines is 1. The van der Waals surface area contributed by atoms with E-state index in [-0.39, 0.29) is 0 Å². The van der Waals surface area contributed by atoms with Crippen LogP contribution in [0, 0.1) is 6.92 Å². The maximum atomic E-state index is 12.0. The Labute approximate surface area is 143 Å². The summed E-state index contributed by atoms with van der Waals surface area (Å²) in [6.45, 7) is 1.91. The lowest BCUT2D eigenvalue weighted by Crippen LogP contribution is -2.12. The van der Waals surface area contributed by atoms with Gasteiger partial charge in [-0.1, -0.05) is 0 Å². The van der Waals surface area contributed by atoms with Gasteiger partial charge in [0.25, 0.3) is 5.91 Å². The second-order valence-electron chi connectivity index (χ2n) is 5.85. The molecule has 1 aromatic carbocycles. The molecule has 6 heteroatoms. The third kappa shape index (κ3) is 2.48. The van der Waals surface area contributed by atoms with Crippen LogP contribution in [0.15, 0.2) is 42.5 Å². The average Bonchev–Trinajstić information content (AvgIpc) is 2.98. The van der Waals surface area contributed by atoms with Gasteiger partial charge in [0.05, 0.1) is 29.4 Å². The number of pyridine rings is 2. The number of hydrogen-bond acceptors (Lipinski definition) is 4. The first-order valence-corrected chi connectivity index (χ1v) is 7.81. The minimum absolute atomic E-state index is 0.395. The van der Waals surface area contributed by atoms with Gasteiger partial charge in [-0.25, -0.2) is 9.97 Å². The van der Waals surface area contributed by atoms with E-state index in [0.29, 0.717) is 27.9 Å². The molecule has 0 spiro atoms. The van der Waals surface area contributed by atoms with Crippen molar-refractivity contribution in [2.75, 3.05) is 7.11 Å². The molecular formula is C19H16N4O2. The van der Waals surface area contributed by atoms with Gasteiger partial charge in [-0.15, -0.1) is 0 Å². The summed E-state index contributed by atoms with van der Waals surface area (Å²) in [5, 5.41) is 0.860. The number of hydrogen-bond donors (Lipinski definition) is 2. The molecule has 0 radical (unpaired) electrons. The zero-order valence-electron chi connectivity index (χ0n) is 13.8. The summed E-state index contributed by atoms with van der Waals surface area (Å²) < 4.78 is 5.19. The summed E-state index contributed by atoms with van der Waals surface area (Å²) >= 11 is 0. The highest BCUT2D eigenvalue weighted by molar-refractivity contribution is 6.13. The van der Waals surface area contributed by atoms with Crippen molar-refractivity contribution in [3.05, 3.63) is 53.7 Å². The first-order valence-electron chi connectivity index (χ1n) is 7.81.